The van der Waals surface area contributed by atoms with E-state index in [9.17, 15) is 9.59 Å². The van der Waals surface area contributed by atoms with Crippen molar-refractivity contribution in [2.75, 3.05) is 19.6 Å². The van der Waals surface area contributed by atoms with E-state index in [0.29, 0.717) is 12.6 Å². The Morgan fingerprint density at radius 2 is 2.26 bits per heavy atom. The molecule has 2 heterocycles. The van der Waals surface area contributed by atoms with E-state index in [0.717, 1.165) is 19.5 Å². The summed E-state index contributed by atoms with van der Waals surface area (Å²) in [5, 5.41) is 5.50. The van der Waals surface area contributed by atoms with Crippen LogP contribution in [0.15, 0.2) is 22.8 Å². The van der Waals surface area contributed by atoms with Gasteiger partial charge in [-0.3, -0.25) is 9.59 Å². The lowest BCUT2D eigenvalue weighted by Gasteiger charge is -2.33. The standard InChI is InChI=1S/C17H27N3O3/c1-13-7-3-4-10-20(13)11-6-9-18-16(21)14(2)19-17(22)15-8-5-12-23-15/h5,8,12-14H,3-4,6-7,9-11H2,1-2H3,(H,18,21)(H,19,22). The zero-order chi connectivity index (χ0) is 16.7. The Labute approximate surface area is 137 Å². The molecule has 1 aliphatic rings. The van der Waals surface area contributed by atoms with Gasteiger partial charge in [0.2, 0.25) is 5.91 Å². The first-order valence-electron chi connectivity index (χ1n) is 8.44. The number of furan rings is 1. The van der Waals surface area contributed by atoms with Crippen molar-refractivity contribution in [2.45, 2.75) is 51.6 Å². The van der Waals surface area contributed by atoms with Crippen LogP contribution in [0.25, 0.3) is 0 Å². The molecule has 2 atom stereocenters. The summed E-state index contributed by atoms with van der Waals surface area (Å²) in [6.45, 7) is 6.73. The summed E-state index contributed by atoms with van der Waals surface area (Å²) in [6.07, 6.45) is 6.21. The van der Waals surface area contributed by atoms with Crippen molar-refractivity contribution in [3.05, 3.63) is 24.2 Å². The van der Waals surface area contributed by atoms with Gasteiger partial charge in [0.1, 0.15) is 6.04 Å². The van der Waals surface area contributed by atoms with Crippen LogP contribution >= 0.6 is 0 Å². The lowest BCUT2D eigenvalue weighted by Crippen LogP contribution is -2.45. The van der Waals surface area contributed by atoms with Gasteiger partial charge in [-0.15, -0.1) is 0 Å². The molecule has 2 N–H and O–H groups in total. The van der Waals surface area contributed by atoms with E-state index in [4.69, 9.17) is 4.42 Å². The van der Waals surface area contributed by atoms with E-state index in [1.807, 2.05) is 0 Å². The van der Waals surface area contributed by atoms with E-state index < -0.39 is 6.04 Å². The number of nitrogens with zero attached hydrogens (tertiary/aromatic N) is 1. The summed E-state index contributed by atoms with van der Waals surface area (Å²) in [6, 6.07) is 3.27. The third-order valence-electron chi connectivity index (χ3n) is 4.35. The summed E-state index contributed by atoms with van der Waals surface area (Å²) >= 11 is 0. The summed E-state index contributed by atoms with van der Waals surface area (Å²) in [7, 11) is 0. The highest BCUT2D eigenvalue weighted by molar-refractivity contribution is 5.95. The topological polar surface area (TPSA) is 74.6 Å². The highest BCUT2D eigenvalue weighted by atomic mass is 16.3. The van der Waals surface area contributed by atoms with E-state index in [1.54, 1.807) is 19.1 Å². The number of likely N-dealkylation sites (tertiary alicyclic amines) is 1. The average molecular weight is 321 g/mol. The van der Waals surface area contributed by atoms with Gasteiger partial charge >= 0.3 is 0 Å². The molecule has 0 bridgehead atoms. The average Bonchev–Trinajstić information content (AvgIpc) is 3.07. The summed E-state index contributed by atoms with van der Waals surface area (Å²) in [4.78, 5) is 26.3. The molecule has 128 valence electrons. The van der Waals surface area contributed by atoms with E-state index in [2.05, 4.69) is 22.5 Å². The number of hydrogen-bond acceptors (Lipinski definition) is 4. The highest BCUT2D eigenvalue weighted by Gasteiger charge is 2.19. The number of carbonyl (C=O) groups is 2. The lowest BCUT2D eigenvalue weighted by molar-refractivity contribution is -0.122. The second-order valence-electron chi connectivity index (χ2n) is 6.20. The van der Waals surface area contributed by atoms with Crippen LogP contribution in [0.3, 0.4) is 0 Å². The van der Waals surface area contributed by atoms with Crippen molar-refractivity contribution in [3.8, 4) is 0 Å². The van der Waals surface area contributed by atoms with Gasteiger partial charge in [0.15, 0.2) is 5.76 Å². The first kappa shape index (κ1) is 17.5. The molecule has 1 aromatic heterocycles. The fraction of sp³-hybridized carbons (Fsp3) is 0.647. The molecule has 0 saturated carbocycles. The minimum absolute atomic E-state index is 0.170. The number of nitrogens with one attached hydrogen (secondary N) is 2. The molecular weight excluding hydrogens is 294 g/mol. The molecule has 2 rings (SSSR count). The van der Waals surface area contributed by atoms with Crippen LogP contribution in [0.4, 0.5) is 0 Å². The molecule has 1 aliphatic heterocycles. The molecular formula is C17H27N3O3. The third kappa shape index (κ3) is 5.39. The minimum Gasteiger partial charge on any atom is -0.459 e. The molecule has 6 heteroatoms. The smallest absolute Gasteiger partial charge is 0.287 e. The largest absolute Gasteiger partial charge is 0.459 e. The molecule has 23 heavy (non-hydrogen) atoms. The number of amides is 2. The fourth-order valence-electron chi connectivity index (χ4n) is 2.88. The van der Waals surface area contributed by atoms with Gasteiger partial charge in [-0.2, -0.15) is 0 Å². The van der Waals surface area contributed by atoms with Gasteiger partial charge < -0.3 is 20.0 Å². The molecule has 0 aliphatic carbocycles. The normalized spacial score (nSPS) is 20.0. The number of hydrogen-bond donors (Lipinski definition) is 2. The molecule has 2 unspecified atom stereocenters. The maximum absolute atomic E-state index is 12.0. The fourth-order valence-corrected chi connectivity index (χ4v) is 2.88. The van der Waals surface area contributed by atoms with Crippen LogP contribution in [0.5, 0.6) is 0 Å². The SMILES string of the molecule is CC(NC(=O)c1ccco1)C(=O)NCCCN1CCCCC1C. The molecule has 1 saturated heterocycles. The van der Waals surface area contributed by atoms with Crippen LogP contribution in [-0.4, -0.2) is 48.4 Å². The predicted molar refractivity (Wildman–Crippen MR) is 88.1 cm³/mol. The van der Waals surface area contributed by atoms with Crippen LogP contribution in [-0.2, 0) is 4.79 Å². The summed E-state index contributed by atoms with van der Waals surface area (Å²) in [5.41, 5.74) is 0. The third-order valence-corrected chi connectivity index (χ3v) is 4.35. The van der Waals surface area contributed by atoms with Gasteiger partial charge in [-0.1, -0.05) is 6.42 Å². The second-order valence-corrected chi connectivity index (χ2v) is 6.20. The lowest BCUT2D eigenvalue weighted by atomic mass is 10.0. The van der Waals surface area contributed by atoms with Crippen molar-refractivity contribution in [1.82, 2.24) is 15.5 Å². The van der Waals surface area contributed by atoms with Gasteiger partial charge in [-0.25, -0.2) is 0 Å². The zero-order valence-corrected chi connectivity index (χ0v) is 14.0. The molecule has 0 aromatic carbocycles. The van der Waals surface area contributed by atoms with Crippen LogP contribution in [0, 0.1) is 0 Å². The maximum atomic E-state index is 12.0. The van der Waals surface area contributed by atoms with Crippen molar-refractivity contribution in [1.29, 1.82) is 0 Å². The first-order valence-corrected chi connectivity index (χ1v) is 8.44. The van der Waals surface area contributed by atoms with Gasteiger partial charge in [0, 0.05) is 19.1 Å². The van der Waals surface area contributed by atoms with E-state index in [1.165, 1.54) is 25.5 Å². The first-order chi connectivity index (χ1) is 11.1. The Hall–Kier alpha value is -1.82. The van der Waals surface area contributed by atoms with Crippen LogP contribution in [0.2, 0.25) is 0 Å². The van der Waals surface area contributed by atoms with Gasteiger partial charge in [0.05, 0.1) is 6.26 Å². The molecule has 2 amide bonds. The summed E-state index contributed by atoms with van der Waals surface area (Å²) < 4.78 is 5.00. The van der Waals surface area contributed by atoms with Crippen LogP contribution in [0.1, 0.15) is 50.1 Å². The molecule has 6 nitrogen and oxygen atoms in total. The monoisotopic (exact) mass is 321 g/mol. The Morgan fingerprint density at radius 1 is 1.43 bits per heavy atom. The second kappa shape index (κ2) is 8.72. The number of carbonyl (C=O) groups excluding carboxylic acids is 2. The van der Waals surface area contributed by atoms with Gasteiger partial charge in [0.25, 0.3) is 5.91 Å². The molecule has 0 radical (unpaired) electrons. The Bertz CT molecular complexity index is 501. The molecule has 0 spiro atoms. The predicted octanol–water partition coefficient (Wildman–Crippen LogP) is 1.78. The maximum Gasteiger partial charge on any atom is 0.287 e. The van der Waals surface area contributed by atoms with Crippen molar-refractivity contribution in [3.63, 3.8) is 0 Å². The summed E-state index contributed by atoms with van der Waals surface area (Å²) in [5.74, 6) is -0.333. The van der Waals surface area contributed by atoms with E-state index >= 15 is 0 Å². The van der Waals surface area contributed by atoms with Gasteiger partial charge in [-0.05, 0) is 51.8 Å². The minimum atomic E-state index is -0.582. The quantitative estimate of drug-likeness (QED) is 0.751. The molecule has 1 aromatic rings. The zero-order valence-electron chi connectivity index (χ0n) is 14.0. The van der Waals surface area contributed by atoms with E-state index in [-0.39, 0.29) is 17.6 Å². The molecule has 1 fully saturated rings. The number of rotatable bonds is 7. The Balaban J connectivity index is 1.63. The van der Waals surface area contributed by atoms with Crippen molar-refractivity contribution < 1.29 is 14.0 Å². The Morgan fingerprint density at radius 3 is 2.96 bits per heavy atom. The number of piperidine rings is 1. The Kier molecular flexibility index (Phi) is 6.65. The van der Waals surface area contributed by atoms with Crippen LogP contribution < -0.4 is 10.6 Å². The highest BCUT2D eigenvalue weighted by Crippen LogP contribution is 2.16. The van der Waals surface area contributed by atoms with Crippen molar-refractivity contribution >= 4 is 11.8 Å². The van der Waals surface area contributed by atoms with Crippen molar-refractivity contribution in [2.24, 2.45) is 0 Å².